The molecule has 1 aromatic rings. The number of anilines is 1. The molecule has 8 heavy (non-hydrogen) atoms. The predicted octanol–water partition coefficient (Wildman–Crippen LogP) is 0.424. The fourth-order valence-electron chi connectivity index (χ4n) is 0.433. The number of hydrogen-bond donors (Lipinski definition) is 1. The van der Waals surface area contributed by atoms with Crippen LogP contribution in [0.3, 0.4) is 0 Å². The van der Waals surface area contributed by atoms with Gasteiger partial charge in [-0.3, -0.25) is 0 Å². The largest absolute Gasteiger partial charge is 0.382 e. The maximum Gasteiger partial charge on any atom is 0.141 e. The molecule has 0 saturated heterocycles. The SMILES string of the molecule is Cl.Cn1cnc(N)c1. The third-order valence-corrected chi connectivity index (χ3v) is 0.725. The lowest BCUT2D eigenvalue weighted by molar-refractivity contribution is 0.913. The second kappa shape index (κ2) is 2.57. The number of nitrogens with two attached hydrogens (primary N) is 1. The van der Waals surface area contributed by atoms with Gasteiger partial charge in [0.25, 0.3) is 0 Å². The van der Waals surface area contributed by atoms with Gasteiger partial charge in [0.2, 0.25) is 0 Å². The van der Waals surface area contributed by atoms with Gasteiger partial charge in [-0.15, -0.1) is 12.4 Å². The molecule has 1 heterocycles. The highest BCUT2D eigenvalue weighted by Crippen LogP contribution is 1.90. The Bertz CT molecular complexity index is 144. The number of hydrogen-bond acceptors (Lipinski definition) is 2. The lowest BCUT2D eigenvalue weighted by Crippen LogP contribution is -1.81. The smallest absolute Gasteiger partial charge is 0.141 e. The Balaban J connectivity index is 0.000000490. The first-order valence-corrected chi connectivity index (χ1v) is 2.02. The summed E-state index contributed by atoms with van der Waals surface area (Å²) in [7, 11) is 1.88. The van der Waals surface area contributed by atoms with Crippen molar-refractivity contribution in [2.45, 2.75) is 0 Å². The summed E-state index contributed by atoms with van der Waals surface area (Å²) in [6.07, 6.45) is 3.41. The molecular weight excluding hydrogens is 126 g/mol. The fraction of sp³-hybridized carbons (Fsp3) is 0.250. The van der Waals surface area contributed by atoms with Crippen LogP contribution in [0.15, 0.2) is 12.5 Å². The molecule has 0 saturated carbocycles. The zero-order valence-electron chi connectivity index (χ0n) is 4.53. The van der Waals surface area contributed by atoms with Gasteiger partial charge in [0.1, 0.15) is 5.82 Å². The number of nitrogens with zero attached hydrogens (tertiary/aromatic N) is 2. The summed E-state index contributed by atoms with van der Waals surface area (Å²) in [5, 5.41) is 0. The van der Waals surface area contributed by atoms with Crippen molar-refractivity contribution in [2.75, 3.05) is 5.73 Å². The zero-order valence-corrected chi connectivity index (χ0v) is 5.35. The molecule has 1 rings (SSSR count). The van der Waals surface area contributed by atoms with E-state index in [1.807, 2.05) is 7.05 Å². The molecule has 46 valence electrons. The van der Waals surface area contributed by atoms with E-state index in [9.17, 15) is 0 Å². The second-order valence-electron chi connectivity index (χ2n) is 1.46. The highest BCUT2D eigenvalue weighted by Gasteiger charge is 1.82. The van der Waals surface area contributed by atoms with Crippen LogP contribution >= 0.6 is 12.4 Å². The Morgan fingerprint density at radius 1 is 1.75 bits per heavy atom. The van der Waals surface area contributed by atoms with Gasteiger partial charge < -0.3 is 10.3 Å². The molecule has 0 amide bonds. The predicted molar refractivity (Wildman–Crippen MR) is 34.9 cm³/mol. The Morgan fingerprint density at radius 2 is 2.38 bits per heavy atom. The van der Waals surface area contributed by atoms with Crippen molar-refractivity contribution in [2.24, 2.45) is 7.05 Å². The fourth-order valence-corrected chi connectivity index (χ4v) is 0.433. The molecule has 0 aliphatic carbocycles. The normalized spacial score (nSPS) is 8.12. The second-order valence-corrected chi connectivity index (χ2v) is 1.46. The summed E-state index contributed by atoms with van der Waals surface area (Å²) >= 11 is 0. The summed E-state index contributed by atoms with van der Waals surface area (Å²) in [6, 6.07) is 0. The maximum atomic E-state index is 5.25. The molecule has 0 radical (unpaired) electrons. The van der Waals surface area contributed by atoms with Crippen molar-refractivity contribution in [1.29, 1.82) is 0 Å². The van der Waals surface area contributed by atoms with E-state index < -0.39 is 0 Å². The molecule has 2 N–H and O–H groups in total. The number of imidazole rings is 1. The van der Waals surface area contributed by atoms with Crippen molar-refractivity contribution in [3.05, 3.63) is 12.5 Å². The average Bonchev–Trinajstić information content (AvgIpc) is 1.87. The Hall–Kier alpha value is -0.700. The molecule has 0 spiro atoms. The van der Waals surface area contributed by atoms with Crippen LogP contribution in [0.4, 0.5) is 5.82 Å². The van der Waals surface area contributed by atoms with Gasteiger partial charge in [-0.25, -0.2) is 4.98 Å². The Labute approximate surface area is 53.9 Å². The molecular formula is C4H8ClN3. The lowest BCUT2D eigenvalue weighted by Gasteiger charge is -1.78. The van der Waals surface area contributed by atoms with E-state index in [-0.39, 0.29) is 12.4 Å². The maximum absolute atomic E-state index is 5.25. The number of aryl methyl sites for hydroxylation is 1. The number of rotatable bonds is 0. The molecule has 0 atom stereocenters. The van der Waals surface area contributed by atoms with Gasteiger partial charge in [-0.1, -0.05) is 0 Å². The number of nitrogen functional groups attached to an aromatic ring is 1. The average molecular weight is 134 g/mol. The van der Waals surface area contributed by atoms with E-state index in [4.69, 9.17) is 5.73 Å². The van der Waals surface area contributed by atoms with Gasteiger partial charge >= 0.3 is 0 Å². The minimum absolute atomic E-state index is 0. The molecule has 0 aliphatic heterocycles. The molecule has 0 aromatic carbocycles. The summed E-state index contributed by atoms with van der Waals surface area (Å²) in [5.74, 6) is 0.572. The standard InChI is InChI=1S/C4H7N3.ClH/c1-7-2-4(5)6-3-7;/h2-3H,5H2,1H3;1H. The van der Waals surface area contributed by atoms with Crippen LogP contribution in [-0.4, -0.2) is 9.55 Å². The van der Waals surface area contributed by atoms with E-state index in [1.165, 1.54) is 0 Å². The van der Waals surface area contributed by atoms with Crippen molar-refractivity contribution in [3.63, 3.8) is 0 Å². The monoisotopic (exact) mass is 133 g/mol. The topological polar surface area (TPSA) is 43.8 Å². The van der Waals surface area contributed by atoms with Gasteiger partial charge in [-0.2, -0.15) is 0 Å². The van der Waals surface area contributed by atoms with Gasteiger partial charge in [-0.05, 0) is 0 Å². The minimum Gasteiger partial charge on any atom is -0.382 e. The van der Waals surface area contributed by atoms with Crippen molar-refractivity contribution >= 4 is 18.2 Å². The van der Waals surface area contributed by atoms with Crippen LogP contribution in [0.25, 0.3) is 0 Å². The Kier molecular flexibility index (Phi) is 2.34. The van der Waals surface area contributed by atoms with Crippen LogP contribution < -0.4 is 5.73 Å². The molecule has 0 fully saturated rings. The van der Waals surface area contributed by atoms with Gasteiger partial charge in [0, 0.05) is 13.2 Å². The molecule has 1 aromatic heterocycles. The van der Waals surface area contributed by atoms with Crippen molar-refractivity contribution < 1.29 is 0 Å². The number of halogens is 1. The van der Waals surface area contributed by atoms with Crippen LogP contribution in [0.5, 0.6) is 0 Å². The quantitative estimate of drug-likeness (QED) is 0.558. The minimum atomic E-state index is 0. The van der Waals surface area contributed by atoms with Crippen LogP contribution in [0.1, 0.15) is 0 Å². The van der Waals surface area contributed by atoms with E-state index in [1.54, 1.807) is 17.1 Å². The third-order valence-electron chi connectivity index (χ3n) is 0.725. The van der Waals surface area contributed by atoms with Gasteiger partial charge in [0.15, 0.2) is 0 Å². The van der Waals surface area contributed by atoms with Gasteiger partial charge in [0.05, 0.1) is 6.33 Å². The van der Waals surface area contributed by atoms with E-state index in [0.29, 0.717) is 5.82 Å². The highest BCUT2D eigenvalue weighted by molar-refractivity contribution is 5.85. The Morgan fingerprint density at radius 3 is 2.50 bits per heavy atom. The molecule has 0 unspecified atom stereocenters. The summed E-state index contributed by atoms with van der Waals surface area (Å²) in [6.45, 7) is 0. The van der Waals surface area contributed by atoms with Crippen LogP contribution in [0.2, 0.25) is 0 Å². The molecule has 3 nitrogen and oxygen atoms in total. The van der Waals surface area contributed by atoms with E-state index in [2.05, 4.69) is 4.98 Å². The first-order chi connectivity index (χ1) is 3.29. The zero-order chi connectivity index (χ0) is 5.28. The van der Waals surface area contributed by atoms with Crippen molar-refractivity contribution in [3.8, 4) is 0 Å². The molecule has 0 aliphatic rings. The van der Waals surface area contributed by atoms with Crippen molar-refractivity contribution in [1.82, 2.24) is 9.55 Å². The molecule has 4 heteroatoms. The van der Waals surface area contributed by atoms with Crippen LogP contribution in [0, 0.1) is 0 Å². The summed E-state index contributed by atoms with van der Waals surface area (Å²) in [4.78, 5) is 3.76. The van der Waals surface area contributed by atoms with E-state index >= 15 is 0 Å². The first kappa shape index (κ1) is 7.30. The van der Waals surface area contributed by atoms with Crippen LogP contribution in [-0.2, 0) is 7.05 Å². The highest BCUT2D eigenvalue weighted by atomic mass is 35.5. The lowest BCUT2D eigenvalue weighted by atomic mass is 10.8. The third kappa shape index (κ3) is 1.42. The molecule has 0 bridgehead atoms. The number of aromatic nitrogens is 2. The summed E-state index contributed by atoms with van der Waals surface area (Å²) in [5.41, 5.74) is 5.25. The summed E-state index contributed by atoms with van der Waals surface area (Å²) < 4.78 is 1.80. The first-order valence-electron chi connectivity index (χ1n) is 2.02. The van der Waals surface area contributed by atoms with E-state index in [0.717, 1.165) is 0 Å².